The number of nitrogens with zero attached hydrogens (tertiary/aromatic N) is 3. The van der Waals surface area contributed by atoms with Gasteiger partial charge in [0.2, 0.25) is 0 Å². The fourth-order valence-electron chi connectivity index (χ4n) is 4.11. The van der Waals surface area contributed by atoms with Crippen LogP contribution in [0.4, 0.5) is 4.39 Å². The average molecular weight is 393 g/mol. The third-order valence-corrected chi connectivity index (χ3v) is 5.93. The summed E-state index contributed by atoms with van der Waals surface area (Å²) in [6.45, 7) is 8.39. The zero-order chi connectivity index (χ0) is 20.4. The van der Waals surface area contributed by atoms with E-state index in [1.807, 2.05) is 18.3 Å². The highest BCUT2D eigenvalue weighted by Crippen LogP contribution is 2.36. The van der Waals surface area contributed by atoms with E-state index < -0.39 is 0 Å². The monoisotopic (exact) mass is 392 g/mol. The molecule has 0 saturated carbocycles. The molecule has 29 heavy (non-hydrogen) atoms. The summed E-state index contributed by atoms with van der Waals surface area (Å²) >= 11 is 0. The van der Waals surface area contributed by atoms with Crippen LogP contribution in [-0.4, -0.2) is 53.2 Å². The number of nitrogens with one attached hydrogen (secondary N) is 1. The maximum Gasteiger partial charge on any atom is 0.132 e. The summed E-state index contributed by atoms with van der Waals surface area (Å²) in [7, 11) is 2.16. The largest absolute Gasteiger partial charge is 0.304 e. The minimum absolute atomic E-state index is 0.0401. The van der Waals surface area contributed by atoms with E-state index in [0.717, 1.165) is 37.4 Å². The van der Waals surface area contributed by atoms with E-state index in [-0.39, 0.29) is 11.9 Å². The van der Waals surface area contributed by atoms with Crippen LogP contribution in [0.1, 0.15) is 42.5 Å². The zero-order valence-corrected chi connectivity index (χ0v) is 17.4. The van der Waals surface area contributed by atoms with Crippen LogP contribution in [0.25, 0.3) is 11.3 Å². The number of halogens is 1. The van der Waals surface area contributed by atoms with Crippen molar-refractivity contribution in [3.63, 3.8) is 0 Å². The van der Waals surface area contributed by atoms with E-state index in [4.69, 9.17) is 0 Å². The molecule has 1 aliphatic heterocycles. The minimum Gasteiger partial charge on any atom is -0.304 e. The third-order valence-electron chi connectivity index (χ3n) is 5.93. The van der Waals surface area contributed by atoms with Crippen LogP contribution in [0.15, 0.2) is 54.7 Å². The van der Waals surface area contributed by atoms with E-state index in [9.17, 15) is 4.39 Å². The Labute approximate surface area is 172 Å². The van der Waals surface area contributed by atoms with Gasteiger partial charge in [-0.15, -0.1) is 0 Å². The topological polar surface area (TPSA) is 35.2 Å². The summed E-state index contributed by atoms with van der Waals surface area (Å²) in [5, 5.41) is 7.38. The van der Waals surface area contributed by atoms with Crippen LogP contribution in [0, 0.1) is 5.82 Å². The van der Waals surface area contributed by atoms with Gasteiger partial charge in [-0.1, -0.05) is 50.2 Å². The second-order valence-corrected chi connectivity index (χ2v) is 8.24. The van der Waals surface area contributed by atoms with Crippen molar-refractivity contribution >= 4 is 0 Å². The maximum atomic E-state index is 14.6. The number of benzene rings is 2. The molecule has 2 heterocycles. The summed E-state index contributed by atoms with van der Waals surface area (Å²) < 4.78 is 14.6. The lowest BCUT2D eigenvalue weighted by atomic mass is 9.92. The average Bonchev–Trinajstić information content (AvgIpc) is 3.19. The first-order valence-electron chi connectivity index (χ1n) is 10.3. The Morgan fingerprint density at radius 2 is 1.59 bits per heavy atom. The van der Waals surface area contributed by atoms with Crippen molar-refractivity contribution in [2.24, 2.45) is 0 Å². The number of hydrogen-bond acceptors (Lipinski definition) is 3. The van der Waals surface area contributed by atoms with Crippen LogP contribution in [0.5, 0.6) is 0 Å². The second-order valence-electron chi connectivity index (χ2n) is 8.24. The molecule has 1 N–H and O–H groups in total. The fourth-order valence-corrected chi connectivity index (χ4v) is 4.11. The van der Waals surface area contributed by atoms with Crippen molar-refractivity contribution in [2.45, 2.75) is 25.8 Å². The number of hydrogen-bond donors (Lipinski definition) is 1. The Kier molecular flexibility index (Phi) is 5.79. The number of H-pyrrole nitrogens is 1. The van der Waals surface area contributed by atoms with Crippen molar-refractivity contribution < 1.29 is 4.39 Å². The van der Waals surface area contributed by atoms with Gasteiger partial charge in [0.1, 0.15) is 5.82 Å². The normalized spacial score (nSPS) is 17.0. The molecule has 4 nitrogen and oxygen atoms in total. The first kappa shape index (κ1) is 19.8. The van der Waals surface area contributed by atoms with E-state index >= 15 is 0 Å². The number of aromatic nitrogens is 2. The van der Waals surface area contributed by atoms with Gasteiger partial charge in [-0.25, -0.2) is 4.39 Å². The lowest BCUT2D eigenvalue weighted by Gasteiger charge is -2.38. The Bertz CT molecular complexity index is 940. The highest BCUT2D eigenvalue weighted by molar-refractivity contribution is 5.65. The van der Waals surface area contributed by atoms with Gasteiger partial charge in [0.05, 0.1) is 17.9 Å². The lowest BCUT2D eigenvalue weighted by molar-refractivity contribution is 0.127. The molecule has 3 aromatic rings. The van der Waals surface area contributed by atoms with Crippen molar-refractivity contribution in [1.82, 2.24) is 20.0 Å². The summed E-state index contributed by atoms with van der Waals surface area (Å²) in [5.41, 5.74) is 4.90. The molecule has 1 atom stereocenters. The molecule has 1 saturated heterocycles. The van der Waals surface area contributed by atoms with Crippen molar-refractivity contribution in [3.05, 3.63) is 77.2 Å². The molecule has 0 amide bonds. The highest BCUT2D eigenvalue weighted by Gasteiger charge is 2.29. The van der Waals surface area contributed by atoms with E-state index in [1.165, 1.54) is 17.2 Å². The van der Waals surface area contributed by atoms with Gasteiger partial charge in [-0.2, -0.15) is 5.10 Å². The Morgan fingerprint density at radius 1 is 0.931 bits per heavy atom. The minimum atomic E-state index is -0.231. The molecular formula is C24H29FN4. The van der Waals surface area contributed by atoms with E-state index in [2.05, 4.69) is 65.2 Å². The quantitative estimate of drug-likeness (QED) is 0.685. The van der Waals surface area contributed by atoms with Gasteiger partial charge in [0.15, 0.2) is 0 Å². The predicted molar refractivity (Wildman–Crippen MR) is 115 cm³/mol. The van der Waals surface area contributed by atoms with Gasteiger partial charge in [0, 0.05) is 37.3 Å². The standard InChI is InChI=1S/C24H29FN4/c1-17(2)18-8-10-19(11-9-18)24(29-14-12-28(3)13-15-29)21-16-26-27-23(21)20-6-4-5-7-22(20)25/h4-11,16-17,24H,12-15H2,1-3H3,(H,26,27). The van der Waals surface area contributed by atoms with Crippen molar-refractivity contribution in [1.29, 1.82) is 0 Å². The van der Waals surface area contributed by atoms with Gasteiger partial charge >= 0.3 is 0 Å². The summed E-state index contributed by atoms with van der Waals surface area (Å²) in [6.07, 6.45) is 1.86. The smallest absolute Gasteiger partial charge is 0.132 e. The number of aromatic amines is 1. The van der Waals surface area contributed by atoms with Crippen LogP contribution < -0.4 is 0 Å². The molecule has 0 radical (unpaired) electrons. The summed E-state index contributed by atoms with van der Waals surface area (Å²) in [5.74, 6) is 0.263. The van der Waals surface area contributed by atoms with Crippen LogP contribution >= 0.6 is 0 Å². The van der Waals surface area contributed by atoms with Gasteiger partial charge in [0.25, 0.3) is 0 Å². The molecule has 0 bridgehead atoms. The van der Waals surface area contributed by atoms with Gasteiger partial charge in [-0.3, -0.25) is 10.00 Å². The second kappa shape index (κ2) is 8.47. The SMILES string of the molecule is CC(C)c1ccc(C(c2cn[nH]c2-c2ccccc2F)N2CCN(C)CC2)cc1. The molecule has 152 valence electrons. The fraction of sp³-hybridized carbons (Fsp3) is 0.375. The zero-order valence-electron chi connectivity index (χ0n) is 17.4. The molecule has 2 aromatic carbocycles. The first-order valence-corrected chi connectivity index (χ1v) is 10.3. The van der Waals surface area contributed by atoms with Crippen LogP contribution in [0.3, 0.4) is 0 Å². The van der Waals surface area contributed by atoms with Gasteiger partial charge < -0.3 is 4.90 Å². The molecule has 0 spiro atoms. The molecule has 0 aliphatic carbocycles. The predicted octanol–water partition coefficient (Wildman–Crippen LogP) is 4.68. The molecule has 1 aromatic heterocycles. The molecule has 1 unspecified atom stereocenters. The van der Waals surface area contributed by atoms with Crippen LogP contribution in [0.2, 0.25) is 0 Å². The van der Waals surface area contributed by atoms with Crippen molar-refractivity contribution in [3.8, 4) is 11.3 Å². The highest BCUT2D eigenvalue weighted by atomic mass is 19.1. The van der Waals surface area contributed by atoms with Gasteiger partial charge in [-0.05, 0) is 36.2 Å². The Morgan fingerprint density at radius 3 is 2.24 bits per heavy atom. The third kappa shape index (κ3) is 4.11. The van der Waals surface area contributed by atoms with Crippen LogP contribution in [-0.2, 0) is 0 Å². The Hall–Kier alpha value is -2.50. The number of likely N-dealkylation sites (N-methyl/N-ethyl adjacent to an activating group) is 1. The molecule has 5 heteroatoms. The maximum absolute atomic E-state index is 14.6. The summed E-state index contributed by atoms with van der Waals surface area (Å²) in [4.78, 5) is 4.84. The molecule has 1 fully saturated rings. The molecule has 4 rings (SSSR count). The number of rotatable bonds is 5. The van der Waals surface area contributed by atoms with E-state index in [0.29, 0.717) is 11.5 Å². The van der Waals surface area contributed by atoms with Crippen molar-refractivity contribution in [2.75, 3.05) is 33.2 Å². The Balaban J connectivity index is 1.78. The molecular weight excluding hydrogens is 363 g/mol. The lowest BCUT2D eigenvalue weighted by Crippen LogP contribution is -2.46. The summed E-state index contributed by atoms with van der Waals surface area (Å²) in [6, 6.07) is 15.8. The number of piperazine rings is 1. The molecule has 1 aliphatic rings. The van der Waals surface area contributed by atoms with E-state index in [1.54, 1.807) is 6.07 Å². The first-order chi connectivity index (χ1) is 14.0.